The third-order valence-corrected chi connectivity index (χ3v) is 5.71. The van der Waals surface area contributed by atoms with E-state index in [1.165, 1.54) is 0 Å². The van der Waals surface area contributed by atoms with Gasteiger partial charge in [0.15, 0.2) is 9.84 Å². The zero-order valence-electron chi connectivity index (χ0n) is 12.3. The van der Waals surface area contributed by atoms with Crippen LogP contribution in [0.4, 0.5) is 0 Å². The SMILES string of the molecule is O=C(CN1CCS(=O)(=O)CC1)N[C@@H]1CCOc2ccccc21. The molecule has 2 aliphatic rings. The van der Waals surface area contributed by atoms with Crippen LogP contribution in [0.15, 0.2) is 24.3 Å². The molecule has 3 rings (SSSR count). The lowest BCUT2D eigenvalue weighted by Gasteiger charge is -2.29. The fourth-order valence-corrected chi connectivity index (χ4v) is 4.12. The number of hydrogen-bond donors (Lipinski definition) is 1. The van der Waals surface area contributed by atoms with Gasteiger partial charge in [0.25, 0.3) is 0 Å². The van der Waals surface area contributed by atoms with Crippen molar-refractivity contribution in [1.82, 2.24) is 10.2 Å². The van der Waals surface area contributed by atoms with Gasteiger partial charge < -0.3 is 10.1 Å². The smallest absolute Gasteiger partial charge is 0.234 e. The van der Waals surface area contributed by atoms with Crippen LogP contribution < -0.4 is 10.1 Å². The zero-order chi connectivity index (χ0) is 15.6. The number of nitrogens with one attached hydrogen (secondary N) is 1. The van der Waals surface area contributed by atoms with E-state index in [1.807, 2.05) is 29.2 Å². The summed E-state index contributed by atoms with van der Waals surface area (Å²) in [5.41, 5.74) is 1.00. The minimum Gasteiger partial charge on any atom is -0.493 e. The van der Waals surface area contributed by atoms with Gasteiger partial charge in [0.2, 0.25) is 5.91 Å². The number of rotatable bonds is 3. The molecule has 0 bridgehead atoms. The molecule has 1 amide bonds. The Morgan fingerprint density at radius 3 is 2.77 bits per heavy atom. The van der Waals surface area contributed by atoms with E-state index < -0.39 is 9.84 Å². The summed E-state index contributed by atoms with van der Waals surface area (Å²) in [6.07, 6.45) is 0.747. The maximum atomic E-state index is 12.2. The van der Waals surface area contributed by atoms with Crippen molar-refractivity contribution in [1.29, 1.82) is 0 Å². The van der Waals surface area contributed by atoms with Crippen molar-refractivity contribution < 1.29 is 17.9 Å². The first-order valence-electron chi connectivity index (χ1n) is 7.47. The monoisotopic (exact) mass is 324 g/mol. The number of fused-ring (bicyclic) bond motifs is 1. The van der Waals surface area contributed by atoms with Gasteiger partial charge in [-0.15, -0.1) is 0 Å². The molecule has 1 atom stereocenters. The van der Waals surface area contributed by atoms with Gasteiger partial charge in [-0.1, -0.05) is 18.2 Å². The lowest BCUT2D eigenvalue weighted by molar-refractivity contribution is -0.123. The second kappa shape index (κ2) is 6.26. The Hall–Kier alpha value is -1.60. The van der Waals surface area contributed by atoms with E-state index in [1.54, 1.807) is 0 Å². The number of carbonyl (C=O) groups excluding carboxylic acids is 1. The van der Waals surface area contributed by atoms with E-state index in [4.69, 9.17) is 4.74 Å². The molecule has 2 heterocycles. The molecule has 0 saturated carbocycles. The number of benzene rings is 1. The molecule has 6 nitrogen and oxygen atoms in total. The van der Waals surface area contributed by atoms with Crippen LogP contribution in [0, 0.1) is 0 Å². The molecule has 0 spiro atoms. The molecule has 0 unspecified atom stereocenters. The molecule has 22 heavy (non-hydrogen) atoms. The average Bonchev–Trinajstić information content (AvgIpc) is 2.50. The highest BCUT2D eigenvalue weighted by Crippen LogP contribution is 2.31. The summed E-state index contributed by atoms with van der Waals surface area (Å²) in [6.45, 7) is 1.69. The molecular weight excluding hydrogens is 304 g/mol. The Bertz CT molecular complexity index is 645. The van der Waals surface area contributed by atoms with Crippen molar-refractivity contribution in [3.8, 4) is 5.75 Å². The summed E-state index contributed by atoms with van der Waals surface area (Å²) in [6, 6.07) is 7.68. The van der Waals surface area contributed by atoms with Gasteiger partial charge in [0.1, 0.15) is 5.75 Å². The van der Waals surface area contributed by atoms with Crippen molar-refractivity contribution in [2.75, 3.05) is 37.7 Å². The normalized spacial score (nSPS) is 24.1. The van der Waals surface area contributed by atoms with E-state index >= 15 is 0 Å². The summed E-state index contributed by atoms with van der Waals surface area (Å²) in [4.78, 5) is 14.1. The number of carbonyl (C=O) groups is 1. The summed E-state index contributed by atoms with van der Waals surface area (Å²) in [5.74, 6) is 1.03. The Kier molecular flexibility index (Phi) is 4.35. The third-order valence-electron chi connectivity index (χ3n) is 4.10. The number of amides is 1. The molecule has 1 N–H and O–H groups in total. The zero-order valence-corrected chi connectivity index (χ0v) is 13.1. The lowest BCUT2D eigenvalue weighted by atomic mass is 10.0. The first-order valence-corrected chi connectivity index (χ1v) is 9.29. The molecule has 7 heteroatoms. The van der Waals surface area contributed by atoms with Crippen LogP contribution in [0.2, 0.25) is 0 Å². The second-order valence-electron chi connectivity index (χ2n) is 5.72. The average molecular weight is 324 g/mol. The fraction of sp³-hybridized carbons (Fsp3) is 0.533. The summed E-state index contributed by atoms with van der Waals surface area (Å²) in [7, 11) is -2.91. The third kappa shape index (κ3) is 3.59. The number of para-hydroxylation sites is 1. The van der Waals surface area contributed by atoms with Gasteiger partial charge in [-0.2, -0.15) is 0 Å². The Balaban J connectivity index is 1.57. The van der Waals surface area contributed by atoms with Gasteiger partial charge in [0.05, 0.1) is 30.7 Å². The number of sulfone groups is 1. The molecule has 1 aromatic carbocycles. The van der Waals surface area contributed by atoms with E-state index in [0.717, 1.165) is 17.7 Å². The minimum absolute atomic E-state index is 0.0361. The van der Waals surface area contributed by atoms with Crippen molar-refractivity contribution >= 4 is 15.7 Å². The molecular formula is C15H20N2O4S. The molecule has 0 radical (unpaired) electrons. The van der Waals surface area contributed by atoms with Crippen LogP contribution in [0.1, 0.15) is 18.0 Å². The molecule has 2 aliphatic heterocycles. The summed E-state index contributed by atoms with van der Waals surface area (Å²) >= 11 is 0. The van der Waals surface area contributed by atoms with Crippen LogP contribution in [0.25, 0.3) is 0 Å². The molecule has 1 fully saturated rings. The largest absolute Gasteiger partial charge is 0.493 e. The second-order valence-corrected chi connectivity index (χ2v) is 8.03. The van der Waals surface area contributed by atoms with Crippen LogP contribution in [-0.4, -0.2) is 57.0 Å². The topological polar surface area (TPSA) is 75.7 Å². The highest BCUT2D eigenvalue weighted by molar-refractivity contribution is 7.91. The maximum Gasteiger partial charge on any atom is 0.234 e. The Morgan fingerprint density at radius 2 is 2.00 bits per heavy atom. The Morgan fingerprint density at radius 1 is 1.27 bits per heavy atom. The molecule has 1 aromatic rings. The van der Waals surface area contributed by atoms with E-state index in [2.05, 4.69) is 5.32 Å². The predicted octanol–water partition coefficient (Wildman–Crippen LogP) is 0.357. The highest BCUT2D eigenvalue weighted by Gasteiger charge is 2.26. The standard InChI is InChI=1S/C15H20N2O4S/c18-15(11-17-6-9-22(19,20)10-7-17)16-13-5-8-21-14-4-2-1-3-12(13)14/h1-4,13H,5-11H2,(H,16,18)/t13-/m1/s1. The van der Waals surface area contributed by atoms with Gasteiger partial charge in [-0.25, -0.2) is 8.42 Å². The minimum atomic E-state index is -2.91. The van der Waals surface area contributed by atoms with Gasteiger partial charge in [-0.05, 0) is 6.07 Å². The van der Waals surface area contributed by atoms with Gasteiger partial charge in [-0.3, -0.25) is 9.69 Å². The maximum absolute atomic E-state index is 12.2. The predicted molar refractivity (Wildman–Crippen MR) is 82.5 cm³/mol. The number of hydrogen-bond acceptors (Lipinski definition) is 5. The van der Waals surface area contributed by atoms with E-state index in [-0.39, 0.29) is 30.0 Å². The van der Waals surface area contributed by atoms with Crippen molar-refractivity contribution in [3.63, 3.8) is 0 Å². The number of nitrogens with zero attached hydrogens (tertiary/aromatic N) is 1. The Labute approximate surface area is 130 Å². The first kappa shape index (κ1) is 15.3. The van der Waals surface area contributed by atoms with Gasteiger partial charge >= 0.3 is 0 Å². The van der Waals surface area contributed by atoms with E-state index in [0.29, 0.717) is 19.7 Å². The quantitative estimate of drug-likeness (QED) is 0.869. The van der Waals surface area contributed by atoms with Crippen LogP contribution in [0.5, 0.6) is 5.75 Å². The van der Waals surface area contributed by atoms with Crippen LogP contribution in [-0.2, 0) is 14.6 Å². The lowest BCUT2D eigenvalue weighted by Crippen LogP contribution is -2.46. The van der Waals surface area contributed by atoms with Crippen molar-refractivity contribution in [2.45, 2.75) is 12.5 Å². The summed E-state index contributed by atoms with van der Waals surface area (Å²) in [5, 5.41) is 3.03. The van der Waals surface area contributed by atoms with Crippen molar-refractivity contribution in [2.24, 2.45) is 0 Å². The first-order chi connectivity index (χ1) is 10.5. The highest BCUT2D eigenvalue weighted by atomic mass is 32.2. The van der Waals surface area contributed by atoms with Crippen molar-refractivity contribution in [3.05, 3.63) is 29.8 Å². The molecule has 0 aromatic heterocycles. The molecule has 1 saturated heterocycles. The summed E-state index contributed by atoms with van der Waals surface area (Å²) < 4.78 is 28.4. The van der Waals surface area contributed by atoms with Crippen LogP contribution >= 0.6 is 0 Å². The molecule has 120 valence electrons. The van der Waals surface area contributed by atoms with Crippen LogP contribution in [0.3, 0.4) is 0 Å². The fourth-order valence-electron chi connectivity index (χ4n) is 2.84. The number of ether oxygens (including phenoxy) is 1. The van der Waals surface area contributed by atoms with E-state index in [9.17, 15) is 13.2 Å². The molecule has 0 aliphatic carbocycles. The van der Waals surface area contributed by atoms with Gasteiger partial charge in [0, 0.05) is 25.1 Å².